The molecule has 0 radical (unpaired) electrons. The van der Waals surface area contributed by atoms with E-state index in [1.807, 2.05) is 20.8 Å². The van der Waals surface area contributed by atoms with E-state index in [2.05, 4.69) is 25.0 Å². The number of nitrogens with zero attached hydrogens (tertiary/aromatic N) is 1. The first-order chi connectivity index (χ1) is 16.8. The fourth-order valence-corrected chi connectivity index (χ4v) is 11.7. The molecule has 0 aromatic heterocycles. The van der Waals surface area contributed by atoms with Crippen LogP contribution in [-0.2, 0) is 23.8 Å². The number of aliphatic hydroxyl groups is 1. The van der Waals surface area contributed by atoms with Gasteiger partial charge in [0.2, 0.25) is 0 Å². The Bertz CT molecular complexity index is 1120. The molecule has 0 aromatic rings. The molecule has 0 aromatic carbocycles. The first-order valence-electron chi connectivity index (χ1n) is 13.7. The predicted octanol–water partition coefficient (Wildman–Crippen LogP) is 3.21. The van der Waals surface area contributed by atoms with Crippen LogP contribution < -0.4 is 0 Å². The third-order valence-electron chi connectivity index (χ3n) is 11.6. The molecule has 2 spiro atoms. The van der Waals surface area contributed by atoms with Crippen LogP contribution in [0.25, 0.3) is 0 Å². The molecule has 3 aliphatic heterocycles. The lowest BCUT2D eigenvalue weighted by atomic mass is 9.39. The Balaban J connectivity index is 1.43. The lowest BCUT2D eigenvalue weighted by Crippen LogP contribution is -2.77. The third kappa shape index (κ3) is 2.23. The van der Waals surface area contributed by atoms with E-state index in [9.17, 15) is 14.7 Å². The highest BCUT2D eigenvalue weighted by Gasteiger charge is 2.96. The number of carbonyl (C=O) groups excluding carboxylic acids is 2. The number of allylic oxidation sites excluding steroid dienone is 1. The van der Waals surface area contributed by atoms with E-state index in [4.69, 9.17) is 14.2 Å². The van der Waals surface area contributed by atoms with Gasteiger partial charge in [0.15, 0.2) is 0 Å². The van der Waals surface area contributed by atoms with Crippen LogP contribution in [0.5, 0.6) is 0 Å². The molecule has 9 fully saturated rings. The number of carbonyl (C=O) groups is 2. The molecule has 9 bridgehead atoms. The van der Waals surface area contributed by atoms with Crippen molar-refractivity contribution in [3.63, 3.8) is 0 Å². The molecule has 7 nitrogen and oxygen atoms in total. The van der Waals surface area contributed by atoms with Crippen molar-refractivity contribution in [1.29, 1.82) is 0 Å². The highest BCUT2D eigenvalue weighted by atomic mass is 16.6. The summed E-state index contributed by atoms with van der Waals surface area (Å²) in [5.74, 6) is 0.0572. The lowest BCUT2D eigenvalue weighted by molar-refractivity contribution is -0.286. The minimum absolute atomic E-state index is 0.00223. The normalized spacial score (nSPS) is 56.3. The Hall–Kier alpha value is -1.86. The molecule has 196 valence electrons. The van der Waals surface area contributed by atoms with Crippen LogP contribution in [0, 0.1) is 39.9 Å². The van der Waals surface area contributed by atoms with Gasteiger partial charge in [-0.3, -0.25) is 14.5 Å². The molecule has 36 heavy (non-hydrogen) atoms. The minimum atomic E-state index is -1.18. The maximum absolute atomic E-state index is 13.0. The van der Waals surface area contributed by atoms with Crippen molar-refractivity contribution in [3.05, 3.63) is 24.5 Å². The van der Waals surface area contributed by atoms with Gasteiger partial charge in [0.05, 0.1) is 17.6 Å². The summed E-state index contributed by atoms with van der Waals surface area (Å²) in [4.78, 5) is 27.7. The molecule has 9 rings (SSSR count). The van der Waals surface area contributed by atoms with E-state index in [-0.39, 0.29) is 58.8 Å². The van der Waals surface area contributed by atoms with Crippen molar-refractivity contribution in [2.24, 2.45) is 39.9 Å². The van der Waals surface area contributed by atoms with Crippen molar-refractivity contribution < 1.29 is 28.9 Å². The summed E-state index contributed by atoms with van der Waals surface area (Å²) in [5.41, 5.74) is -0.927. The van der Waals surface area contributed by atoms with Crippen molar-refractivity contribution in [2.45, 2.75) is 96.3 Å². The maximum atomic E-state index is 13.0. The van der Waals surface area contributed by atoms with Gasteiger partial charge in [-0.25, -0.2) is 0 Å². The summed E-state index contributed by atoms with van der Waals surface area (Å²) >= 11 is 0. The van der Waals surface area contributed by atoms with E-state index < -0.39 is 17.1 Å². The van der Waals surface area contributed by atoms with E-state index in [0.29, 0.717) is 17.7 Å². The van der Waals surface area contributed by atoms with Gasteiger partial charge >= 0.3 is 11.9 Å². The second-order valence-electron chi connectivity index (χ2n) is 13.8. The Kier molecular flexibility index (Phi) is 4.25. The summed E-state index contributed by atoms with van der Waals surface area (Å²) in [6.45, 7) is 18.8. The first-order valence-corrected chi connectivity index (χ1v) is 13.7. The van der Waals surface area contributed by atoms with Gasteiger partial charge < -0.3 is 19.3 Å². The zero-order valence-corrected chi connectivity index (χ0v) is 22.1. The average Bonchev–Trinajstić information content (AvgIpc) is 3.16. The Morgan fingerprint density at radius 1 is 1.11 bits per heavy atom. The predicted molar refractivity (Wildman–Crippen MR) is 130 cm³/mol. The van der Waals surface area contributed by atoms with E-state index in [0.717, 1.165) is 37.8 Å². The van der Waals surface area contributed by atoms with E-state index in [1.54, 1.807) is 0 Å². The van der Waals surface area contributed by atoms with Crippen LogP contribution >= 0.6 is 0 Å². The molecule has 7 heteroatoms. The van der Waals surface area contributed by atoms with Gasteiger partial charge in [-0.2, -0.15) is 0 Å². The topological polar surface area (TPSA) is 85.3 Å². The zero-order valence-electron chi connectivity index (χ0n) is 22.1. The number of hydrogen-bond acceptors (Lipinski definition) is 7. The van der Waals surface area contributed by atoms with E-state index >= 15 is 0 Å². The summed E-state index contributed by atoms with van der Waals surface area (Å²) in [6.07, 6.45) is 2.00. The standard InChI is InChI=1S/C29H39NO6/c1-13(2)24(32)36-17-9-26(7)12-30-18-11-27-8-15(5)19-20(34-14(3)4)22(27)28(10-17,21(18)26)25(30)29(27,33)23(19)35-16(6)31/h13,17-23,25,33H,3,5,8-12H2,1-2,4,6-7H3/t17-,18-,19-,20+,21+,22+,23-,25-,26-,27-,28-,29+/m0/s1. The van der Waals surface area contributed by atoms with Gasteiger partial charge in [0.25, 0.3) is 0 Å². The molecule has 9 aliphatic rings. The fourth-order valence-electron chi connectivity index (χ4n) is 11.7. The van der Waals surface area contributed by atoms with Crippen LogP contribution in [0.4, 0.5) is 0 Å². The second kappa shape index (κ2) is 6.58. The lowest BCUT2D eigenvalue weighted by Gasteiger charge is -2.68. The molecule has 3 heterocycles. The van der Waals surface area contributed by atoms with Crippen LogP contribution in [-0.4, -0.2) is 64.5 Å². The molecule has 0 amide bonds. The molecule has 1 unspecified atom stereocenters. The second-order valence-corrected chi connectivity index (χ2v) is 13.8. The van der Waals surface area contributed by atoms with Gasteiger partial charge in [0.1, 0.15) is 23.9 Å². The monoisotopic (exact) mass is 497 g/mol. The molecular formula is C29H39NO6. The summed E-state index contributed by atoms with van der Waals surface area (Å²) in [6, 6.07) is 0.232. The van der Waals surface area contributed by atoms with Crippen LogP contribution in [0.15, 0.2) is 24.5 Å². The molecule has 3 saturated heterocycles. The van der Waals surface area contributed by atoms with Crippen molar-refractivity contribution in [2.75, 3.05) is 6.54 Å². The largest absolute Gasteiger partial charge is 0.495 e. The number of piperidine rings is 2. The number of hydrogen-bond donors (Lipinski definition) is 1. The Labute approximate surface area is 213 Å². The van der Waals surface area contributed by atoms with Crippen LogP contribution in [0.1, 0.15) is 60.3 Å². The van der Waals surface area contributed by atoms with E-state index in [1.165, 1.54) is 6.92 Å². The van der Waals surface area contributed by atoms with Gasteiger partial charge in [0, 0.05) is 42.3 Å². The smallest absolute Gasteiger partial charge is 0.308 e. The van der Waals surface area contributed by atoms with Crippen molar-refractivity contribution >= 4 is 11.9 Å². The summed E-state index contributed by atoms with van der Waals surface area (Å²) in [5, 5.41) is 13.0. The van der Waals surface area contributed by atoms with Gasteiger partial charge in [-0.15, -0.1) is 0 Å². The SMILES string of the molecule is C=C(C)O[C@@H]1[C@@H]2C(=C)C[C@]34C[C@H]5[C@@H]6[C@@]7(C)C[C@H](OC(=O)C(C)C)C[C@]6([C@H]13)[C@H](N5C7)[C@]4(O)[C@H]2OC(C)=O. The first kappa shape index (κ1) is 23.3. The molecule has 13 atom stereocenters. The molecule has 1 N–H and O–H groups in total. The zero-order chi connectivity index (χ0) is 25.7. The quantitative estimate of drug-likeness (QED) is 0.355. The molecule has 6 saturated carbocycles. The Morgan fingerprint density at radius 3 is 2.47 bits per heavy atom. The molecular weight excluding hydrogens is 458 g/mol. The number of rotatable bonds is 5. The van der Waals surface area contributed by atoms with Crippen molar-refractivity contribution in [3.8, 4) is 0 Å². The third-order valence-corrected chi connectivity index (χ3v) is 11.6. The summed E-state index contributed by atoms with van der Waals surface area (Å²) < 4.78 is 18.8. The average molecular weight is 498 g/mol. The highest BCUT2D eigenvalue weighted by molar-refractivity contribution is 5.71. The summed E-state index contributed by atoms with van der Waals surface area (Å²) in [7, 11) is 0. The Morgan fingerprint density at radius 2 is 1.83 bits per heavy atom. The maximum Gasteiger partial charge on any atom is 0.308 e. The highest BCUT2D eigenvalue weighted by Crippen LogP contribution is 2.88. The number of fused-ring (bicyclic) bond motifs is 1. The van der Waals surface area contributed by atoms with Crippen LogP contribution in [0.2, 0.25) is 0 Å². The number of ether oxygens (including phenoxy) is 3. The van der Waals surface area contributed by atoms with Gasteiger partial charge in [-0.1, -0.05) is 39.5 Å². The van der Waals surface area contributed by atoms with Gasteiger partial charge in [-0.05, 0) is 43.9 Å². The minimum Gasteiger partial charge on any atom is -0.495 e. The number of esters is 2. The van der Waals surface area contributed by atoms with Crippen molar-refractivity contribution in [1.82, 2.24) is 4.90 Å². The molecule has 6 aliphatic carbocycles. The fraction of sp³-hybridized carbons (Fsp3) is 0.793. The van der Waals surface area contributed by atoms with Crippen LogP contribution in [0.3, 0.4) is 0 Å².